The number of aromatic hydroxyl groups is 1. The number of phenolic OH excluding ortho intramolecular Hbond substituents is 1. The van der Waals surface area contributed by atoms with E-state index in [0.717, 1.165) is 38.5 Å². The summed E-state index contributed by atoms with van der Waals surface area (Å²) in [6.45, 7) is 2.23. The highest BCUT2D eigenvalue weighted by Gasteiger charge is 2.67. The summed E-state index contributed by atoms with van der Waals surface area (Å²) in [5, 5.41) is 9.19. The van der Waals surface area contributed by atoms with Gasteiger partial charge in [0.25, 0.3) is 0 Å². The minimum absolute atomic E-state index is 0.150. The van der Waals surface area contributed by atoms with E-state index in [1.165, 1.54) is 0 Å². The molecule has 176 valence electrons. The SMILES string of the molecule is CC12CCC(C34CCC(OC(F)(F)c5ccc(O)c(F)c5F)(CC3)C(F)=C4F)(CC1)CC2. The predicted molar refractivity (Wildman–Crippen MR) is 104 cm³/mol. The standard InChI is InChI=1S/C24H26F6O2/c1-20-4-7-21(8-5-20,9-6-20)22-10-12-23(13-11-22,19(28)18(22)27)32-24(29,30)14-2-3-15(31)17(26)16(14)25/h2-3,31H,4-13H2,1H3. The lowest BCUT2D eigenvalue weighted by Gasteiger charge is -2.64. The molecule has 0 atom stereocenters. The second-order valence-corrected chi connectivity index (χ2v) is 10.7. The molecule has 4 bridgehead atoms. The van der Waals surface area contributed by atoms with Gasteiger partial charge in [-0.1, -0.05) is 6.92 Å². The lowest BCUT2D eigenvalue weighted by Crippen LogP contribution is -2.59. The van der Waals surface area contributed by atoms with Crippen LogP contribution in [-0.2, 0) is 10.8 Å². The molecule has 4 fully saturated rings. The molecule has 0 spiro atoms. The van der Waals surface area contributed by atoms with E-state index < -0.39 is 51.7 Å². The van der Waals surface area contributed by atoms with E-state index in [4.69, 9.17) is 4.74 Å². The number of rotatable bonds is 4. The zero-order valence-electron chi connectivity index (χ0n) is 17.8. The van der Waals surface area contributed by atoms with Gasteiger partial charge in [-0.25, -0.2) is 13.2 Å². The summed E-state index contributed by atoms with van der Waals surface area (Å²) in [7, 11) is 0. The summed E-state index contributed by atoms with van der Waals surface area (Å²) in [6, 6.07) is 1.06. The molecule has 4 saturated carbocycles. The first-order valence-corrected chi connectivity index (χ1v) is 11.2. The van der Waals surface area contributed by atoms with Crippen molar-refractivity contribution in [3.63, 3.8) is 0 Å². The molecular weight excluding hydrogens is 434 g/mol. The average Bonchev–Trinajstić information content (AvgIpc) is 2.76. The highest BCUT2D eigenvalue weighted by Crippen LogP contribution is 2.73. The fourth-order valence-corrected chi connectivity index (χ4v) is 7.00. The molecule has 8 heteroatoms. The molecule has 0 saturated heterocycles. The van der Waals surface area contributed by atoms with Crippen LogP contribution < -0.4 is 0 Å². The third-order valence-electron chi connectivity index (χ3n) is 9.26. The summed E-state index contributed by atoms with van der Waals surface area (Å²) in [4.78, 5) is 0. The van der Waals surface area contributed by atoms with E-state index in [1.807, 2.05) is 0 Å². The fourth-order valence-electron chi connectivity index (χ4n) is 7.00. The lowest BCUT2D eigenvalue weighted by atomic mass is 9.41. The number of benzene rings is 1. The molecule has 6 aliphatic carbocycles. The molecule has 0 radical (unpaired) electrons. The van der Waals surface area contributed by atoms with E-state index in [1.54, 1.807) is 0 Å². The van der Waals surface area contributed by atoms with Gasteiger partial charge in [0.15, 0.2) is 17.4 Å². The van der Waals surface area contributed by atoms with Crippen LogP contribution in [0, 0.1) is 27.9 Å². The number of allylic oxidation sites excluding steroid dienone is 1. The molecule has 6 aliphatic rings. The Kier molecular flexibility index (Phi) is 4.61. The summed E-state index contributed by atoms with van der Waals surface area (Å²) < 4.78 is 93.4. The van der Waals surface area contributed by atoms with Crippen LogP contribution in [0.3, 0.4) is 0 Å². The van der Waals surface area contributed by atoms with Crippen LogP contribution in [0.1, 0.15) is 76.7 Å². The normalized spacial score (nSPS) is 39.1. The second-order valence-electron chi connectivity index (χ2n) is 10.7. The fraction of sp³-hybridized carbons (Fsp3) is 0.667. The van der Waals surface area contributed by atoms with Crippen molar-refractivity contribution in [2.45, 2.75) is 82.8 Å². The maximum atomic E-state index is 15.7. The molecular formula is C24H26F6O2. The Morgan fingerprint density at radius 1 is 0.781 bits per heavy atom. The third-order valence-corrected chi connectivity index (χ3v) is 9.26. The predicted octanol–water partition coefficient (Wildman–Crippen LogP) is 7.56. The first-order chi connectivity index (χ1) is 14.9. The maximum Gasteiger partial charge on any atom is 0.387 e. The number of halogens is 6. The van der Waals surface area contributed by atoms with Gasteiger partial charge >= 0.3 is 6.11 Å². The topological polar surface area (TPSA) is 29.5 Å². The monoisotopic (exact) mass is 460 g/mol. The summed E-state index contributed by atoms with van der Waals surface area (Å²) in [5.74, 6) is -7.29. The summed E-state index contributed by atoms with van der Waals surface area (Å²) in [6.07, 6.45) is 0.913. The van der Waals surface area contributed by atoms with E-state index in [-0.39, 0.29) is 36.5 Å². The number of hydrogen-bond donors (Lipinski definition) is 1. The van der Waals surface area contributed by atoms with Crippen LogP contribution in [0.25, 0.3) is 0 Å². The minimum atomic E-state index is -4.41. The highest BCUT2D eigenvalue weighted by molar-refractivity contribution is 5.35. The molecule has 0 amide bonds. The lowest BCUT2D eigenvalue weighted by molar-refractivity contribution is -0.318. The highest BCUT2D eigenvalue weighted by atomic mass is 19.3. The van der Waals surface area contributed by atoms with Crippen molar-refractivity contribution >= 4 is 0 Å². The molecule has 0 heterocycles. The number of fused-ring (bicyclic) bond motifs is 5. The molecule has 0 aliphatic heterocycles. The van der Waals surface area contributed by atoms with Crippen LogP contribution in [0.5, 0.6) is 5.75 Å². The van der Waals surface area contributed by atoms with Crippen LogP contribution >= 0.6 is 0 Å². The van der Waals surface area contributed by atoms with Gasteiger partial charge in [-0.2, -0.15) is 13.2 Å². The Morgan fingerprint density at radius 2 is 1.34 bits per heavy atom. The first kappa shape index (κ1) is 22.1. The Morgan fingerprint density at radius 3 is 1.91 bits per heavy atom. The van der Waals surface area contributed by atoms with Crippen LogP contribution in [0.2, 0.25) is 0 Å². The molecule has 7 rings (SSSR count). The average molecular weight is 460 g/mol. The van der Waals surface area contributed by atoms with Gasteiger partial charge in [0, 0.05) is 5.41 Å². The quantitative estimate of drug-likeness (QED) is 0.470. The van der Waals surface area contributed by atoms with Gasteiger partial charge in [0.05, 0.1) is 5.56 Å². The number of hydrogen-bond acceptors (Lipinski definition) is 2. The maximum absolute atomic E-state index is 15.7. The minimum Gasteiger partial charge on any atom is -0.505 e. The molecule has 2 nitrogen and oxygen atoms in total. The van der Waals surface area contributed by atoms with Crippen LogP contribution in [-0.4, -0.2) is 10.7 Å². The summed E-state index contributed by atoms with van der Waals surface area (Å²) in [5.41, 5.74) is -4.80. The molecule has 1 aromatic rings. The van der Waals surface area contributed by atoms with Crippen molar-refractivity contribution in [2.75, 3.05) is 0 Å². The van der Waals surface area contributed by atoms with Crippen molar-refractivity contribution in [1.82, 2.24) is 0 Å². The van der Waals surface area contributed by atoms with Gasteiger partial charge in [-0.15, -0.1) is 0 Å². The van der Waals surface area contributed by atoms with Gasteiger partial charge in [0.2, 0.25) is 5.82 Å². The third kappa shape index (κ3) is 2.77. The Bertz CT molecular complexity index is 968. The molecule has 1 N–H and O–H groups in total. The number of ether oxygens (including phenoxy) is 1. The van der Waals surface area contributed by atoms with Crippen molar-refractivity contribution in [1.29, 1.82) is 0 Å². The van der Waals surface area contributed by atoms with Gasteiger partial charge < -0.3 is 9.84 Å². The summed E-state index contributed by atoms with van der Waals surface area (Å²) >= 11 is 0. The van der Waals surface area contributed by atoms with E-state index in [0.29, 0.717) is 12.1 Å². The van der Waals surface area contributed by atoms with E-state index >= 15 is 8.78 Å². The first-order valence-electron chi connectivity index (χ1n) is 11.2. The zero-order chi connectivity index (χ0) is 23.2. The van der Waals surface area contributed by atoms with Crippen molar-refractivity contribution in [3.8, 4) is 5.75 Å². The molecule has 32 heavy (non-hydrogen) atoms. The smallest absolute Gasteiger partial charge is 0.387 e. The Balaban J connectivity index is 1.49. The molecule has 0 aromatic heterocycles. The van der Waals surface area contributed by atoms with Crippen LogP contribution in [0.4, 0.5) is 26.3 Å². The second kappa shape index (κ2) is 6.67. The van der Waals surface area contributed by atoms with E-state index in [2.05, 4.69) is 6.92 Å². The van der Waals surface area contributed by atoms with Gasteiger partial charge in [-0.3, -0.25) is 0 Å². The Hall–Kier alpha value is -1.70. The van der Waals surface area contributed by atoms with Gasteiger partial charge in [-0.05, 0) is 87.2 Å². The van der Waals surface area contributed by atoms with Crippen molar-refractivity contribution in [2.24, 2.45) is 16.2 Å². The number of alkyl halides is 2. The Labute approximate surface area is 182 Å². The van der Waals surface area contributed by atoms with E-state index in [9.17, 15) is 22.7 Å². The number of phenols is 1. The molecule has 1 aromatic carbocycles. The molecule has 0 unspecified atom stereocenters. The zero-order valence-corrected chi connectivity index (χ0v) is 17.8. The van der Waals surface area contributed by atoms with Crippen molar-refractivity contribution < 1.29 is 36.2 Å². The van der Waals surface area contributed by atoms with Crippen LogP contribution in [0.15, 0.2) is 23.8 Å². The largest absolute Gasteiger partial charge is 0.505 e. The van der Waals surface area contributed by atoms with Gasteiger partial charge in [0.1, 0.15) is 11.4 Å². The van der Waals surface area contributed by atoms with Crippen molar-refractivity contribution in [3.05, 3.63) is 41.0 Å².